The molecule has 0 spiro atoms. The molecule has 0 saturated heterocycles. The summed E-state index contributed by atoms with van der Waals surface area (Å²) in [6.07, 6.45) is 2.75. The maximum atomic E-state index is 12.3. The Morgan fingerprint density at radius 3 is 2.90 bits per heavy atom. The van der Waals surface area contributed by atoms with E-state index in [1.54, 1.807) is 6.92 Å². The molecule has 1 aliphatic rings. The van der Waals surface area contributed by atoms with E-state index in [9.17, 15) is 13.5 Å². The lowest BCUT2D eigenvalue weighted by Crippen LogP contribution is -2.34. The van der Waals surface area contributed by atoms with Crippen LogP contribution >= 0.6 is 11.8 Å². The number of aromatic nitrogens is 2. The first-order valence-electron chi connectivity index (χ1n) is 6.76. The van der Waals surface area contributed by atoms with Crippen molar-refractivity contribution in [2.45, 2.75) is 56.0 Å². The van der Waals surface area contributed by atoms with Crippen LogP contribution in [0.4, 0.5) is 0 Å². The van der Waals surface area contributed by atoms with Crippen LogP contribution < -0.4 is 4.72 Å². The van der Waals surface area contributed by atoms with Gasteiger partial charge in [0.15, 0.2) is 5.03 Å². The van der Waals surface area contributed by atoms with Crippen LogP contribution in [-0.4, -0.2) is 40.8 Å². The third-order valence-electron chi connectivity index (χ3n) is 3.56. The van der Waals surface area contributed by atoms with Crippen LogP contribution in [0.15, 0.2) is 5.03 Å². The van der Waals surface area contributed by atoms with Crippen LogP contribution in [0, 0.1) is 6.92 Å². The Balaban J connectivity index is 2.08. The van der Waals surface area contributed by atoms with E-state index in [4.69, 9.17) is 0 Å². The zero-order chi connectivity index (χ0) is 14.8. The summed E-state index contributed by atoms with van der Waals surface area (Å²) in [6.45, 7) is 3.47. The highest BCUT2D eigenvalue weighted by molar-refractivity contribution is 7.99. The van der Waals surface area contributed by atoms with Crippen molar-refractivity contribution in [3.05, 3.63) is 11.3 Å². The third kappa shape index (κ3) is 3.36. The van der Waals surface area contributed by atoms with E-state index < -0.39 is 10.0 Å². The zero-order valence-corrected chi connectivity index (χ0v) is 13.4. The molecule has 0 radical (unpaired) electrons. The quantitative estimate of drug-likeness (QED) is 0.731. The second-order valence-electron chi connectivity index (χ2n) is 5.00. The number of nitrogens with zero attached hydrogens (tertiary/aromatic N) is 1. The van der Waals surface area contributed by atoms with Gasteiger partial charge in [-0.3, -0.25) is 5.10 Å². The lowest BCUT2D eigenvalue weighted by atomic mass is 10.3. The Hall–Kier alpha value is -0.570. The first-order chi connectivity index (χ1) is 9.47. The minimum Gasteiger partial charge on any atom is -0.392 e. The van der Waals surface area contributed by atoms with Gasteiger partial charge in [-0.05, 0) is 31.9 Å². The van der Waals surface area contributed by atoms with Crippen molar-refractivity contribution < 1.29 is 13.5 Å². The number of nitrogens with one attached hydrogen (secondary N) is 2. The van der Waals surface area contributed by atoms with Gasteiger partial charge in [-0.2, -0.15) is 16.9 Å². The molecule has 3 N–H and O–H groups in total. The molecule has 1 aromatic heterocycles. The van der Waals surface area contributed by atoms with Gasteiger partial charge in [0.05, 0.1) is 6.61 Å². The van der Waals surface area contributed by atoms with Gasteiger partial charge >= 0.3 is 0 Å². The maximum Gasteiger partial charge on any atom is 0.260 e. The smallest absolute Gasteiger partial charge is 0.260 e. The average molecular weight is 319 g/mol. The zero-order valence-electron chi connectivity index (χ0n) is 11.7. The second kappa shape index (κ2) is 6.46. The monoisotopic (exact) mass is 319 g/mol. The molecule has 1 saturated carbocycles. The van der Waals surface area contributed by atoms with Gasteiger partial charge in [0.2, 0.25) is 0 Å². The fraction of sp³-hybridized carbons (Fsp3) is 0.750. The van der Waals surface area contributed by atoms with Crippen LogP contribution in [0.25, 0.3) is 0 Å². The van der Waals surface area contributed by atoms with Crippen LogP contribution in [0.2, 0.25) is 0 Å². The maximum absolute atomic E-state index is 12.3. The Morgan fingerprint density at radius 1 is 1.50 bits per heavy atom. The Bertz CT molecular complexity index is 556. The van der Waals surface area contributed by atoms with Gasteiger partial charge in [-0.15, -0.1) is 0 Å². The number of aliphatic hydroxyl groups is 1. The highest BCUT2D eigenvalue weighted by Crippen LogP contribution is 2.30. The molecular formula is C12H21N3O3S2. The lowest BCUT2D eigenvalue weighted by Gasteiger charge is -2.13. The standard InChI is InChI=1S/C12H21N3O3S2/c1-3-19-10-5-4-9(6-10)15-20(17,18)12-11(7-16)8(2)13-14-12/h9-10,15-16H,3-7H2,1-2H3,(H,13,14). The van der Waals surface area contributed by atoms with Crippen LogP contribution in [0.1, 0.15) is 37.4 Å². The summed E-state index contributed by atoms with van der Waals surface area (Å²) in [6, 6.07) is -0.0346. The minimum atomic E-state index is -3.67. The molecule has 114 valence electrons. The molecule has 1 fully saturated rings. The van der Waals surface area contributed by atoms with E-state index in [-0.39, 0.29) is 17.7 Å². The number of thioether (sulfide) groups is 1. The van der Waals surface area contributed by atoms with Crippen LogP contribution in [-0.2, 0) is 16.6 Å². The fourth-order valence-electron chi connectivity index (χ4n) is 2.55. The molecule has 1 aromatic rings. The van der Waals surface area contributed by atoms with Gasteiger partial charge in [0.1, 0.15) is 0 Å². The molecule has 0 aromatic carbocycles. The SMILES string of the molecule is CCSC1CCC(NS(=O)(=O)c2n[nH]c(C)c2CO)C1. The fourth-order valence-corrected chi connectivity index (χ4v) is 5.16. The number of aliphatic hydroxyl groups excluding tert-OH is 1. The second-order valence-corrected chi connectivity index (χ2v) is 8.21. The molecule has 0 amide bonds. The van der Waals surface area contributed by atoms with Crippen LogP contribution in [0.3, 0.4) is 0 Å². The molecule has 20 heavy (non-hydrogen) atoms. The van der Waals surface area contributed by atoms with Crippen molar-refractivity contribution in [1.82, 2.24) is 14.9 Å². The molecule has 1 aliphatic carbocycles. The number of hydrogen-bond acceptors (Lipinski definition) is 5. The summed E-state index contributed by atoms with van der Waals surface area (Å²) >= 11 is 1.88. The lowest BCUT2D eigenvalue weighted by molar-refractivity contribution is 0.277. The Labute approximate surface area is 123 Å². The van der Waals surface area contributed by atoms with Crippen molar-refractivity contribution in [2.24, 2.45) is 0 Å². The average Bonchev–Trinajstić information content (AvgIpc) is 2.96. The van der Waals surface area contributed by atoms with Gasteiger partial charge in [0.25, 0.3) is 10.0 Å². The van der Waals surface area contributed by atoms with Gasteiger partial charge in [-0.25, -0.2) is 13.1 Å². The molecule has 2 rings (SSSR count). The number of aryl methyl sites for hydroxylation is 1. The number of H-pyrrole nitrogens is 1. The van der Waals surface area contributed by atoms with Crippen molar-refractivity contribution >= 4 is 21.8 Å². The van der Waals surface area contributed by atoms with E-state index >= 15 is 0 Å². The topological polar surface area (TPSA) is 95.1 Å². The van der Waals surface area contributed by atoms with E-state index in [0.29, 0.717) is 16.5 Å². The summed E-state index contributed by atoms with van der Waals surface area (Å²) in [7, 11) is -3.67. The summed E-state index contributed by atoms with van der Waals surface area (Å²) in [5.74, 6) is 1.05. The molecule has 0 aliphatic heterocycles. The normalized spacial score (nSPS) is 23.4. The number of sulfonamides is 1. The molecular weight excluding hydrogens is 298 g/mol. The summed E-state index contributed by atoms with van der Waals surface area (Å²) in [4.78, 5) is 0. The summed E-state index contributed by atoms with van der Waals surface area (Å²) in [5, 5.41) is 16.2. The highest BCUT2D eigenvalue weighted by Gasteiger charge is 2.31. The van der Waals surface area contributed by atoms with Crippen LogP contribution in [0.5, 0.6) is 0 Å². The van der Waals surface area contributed by atoms with Crippen molar-refractivity contribution in [1.29, 1.82) is 0 Å². The Morgan fingerprint density at radius 2 is 2.25 bits per heavy atom. The Kier molecular flexibility index (Phi) is 5.11. The largest absolute Gasteiger partial charge is 0.392 e. The summed E-state index contributed by atoms with van der Waals surface area (Å²) in [5.41, 5.74) is 0.925. The van der Waals surface area contributed by atoms with Gasteiger partial charge in [0, 0.05) is 22.5 Å². The molecule has 8 heteroatoms. The van der Waals surface area contributed by atoms with Crippen molar-refractivity contribution in [3.8, 4) is 0 Å². The van der Waals surface area contributed by atoms with E-state index in [1.807, 2.05) is 11.8 Å². The molecule has 1 heterocycles. The number of rotatable bonds is 6. The predicted octanol–water partition coefficient (Wildman–Crippen LogP) is 1.16. The summed E-state index contributed by atoms with van der Waals surface area (Å²) < 4.78 is 27.4. The first kappa shape index (κ1) is 15.8. The van der Waals surface area contributed by atoms with Gasteiger partial charge in [-0.1, -0.05) is 6.92 Å². The molecule has 2 unspecified atom stereocenters. The molecule has 0 bridgehead atoms. The predicted molar refractivity (Wildman–Crippen MR) is 79.1 cm³/mol. The number of aromatic amines is 1. The van der Waals surface area contributed by atoms with E-state index in [0.717, 1.165) is 25.0 Å². The van der Waals surface area contributed by atoms with Crippen molar-refractivity contribution in [3.63, 3.8) is 0 Å². The third-order valence-corrected chi connectivity index (χ3v) is 6.28. The number of hydrogen-bond donors (Lipinski definition) is 3. The first-order valence-corrected chi connectivity index (χ1v) is 9.29. The molecule has 2 atom stereocenters. The minimum absolute atomic E-state index is 0.0346. The molecule has 6 nitrogen and oxygen atoms in total. The van der Waals surface area contributed by atoms with Gasteiger partial charge < -0.3 is 5.11 Å². The van der Waals surface area contributed by atoms with E-state index in [2.05, 4.69) is 21.8 Å². The highest BCUT2D eigenvalue weighted by atomic mass is 32.2. The van der Waals surface area contributed by atoms with E-state index in [1.165, 1.54) is 0 Å². The van der Waals surface area contributed by atoms with Crippen molar-refractivity contribution in [2.75, 3.05) is 5.75 Å².